The molecule has 20 heavy (non-hydrogen) atoms. The lowest BCUT2D eigenvalue weighted by Crippen LogP contribution is -2.44. The van der Waals surface area contributed by atoms with Crippen LogP contribution in [0.5, 0.6) is 0 Å². The van der Waals surface area contributed by atoms with Gasteiger partial charge in [-0.25, -0.2) is 0 Å². The van der Waals surface area contributed by atoms with Gasteiger partial charge in [0.05, 0.1) is 6.04 Å². The number of amides is 1. The van der Waals surface area contributed by atoms with E-state index in [1.54, 1.807) is 0 Å². The first-order chi connectivity index (χ1) is 9.43. The van der Waals surface area contributed by atoms with Crippen molar-refractivity contribution in [2.75, 3.05) is 6.54 Å². The van der Waals surface area contributed by atoms with E-state index in [0.717, 1.165) is 24.3 Å². The molecule has 4 heteroatoms. The van der Waals surface area contributed by atoms with Crippen molar-refractivity contribution in [1.82, 2.24) is 5.32 Å². The van der Waals surface area contributed by atoms with Gasteiger partial charge in [-0.2, -0.15) is 0 Å². The number of rotatable bonds is 6. The van der Waals surface area contributed by atoms with Crippen molar-refractivity contribution < 1.29 is 4.79 Å². The molecule has 110 valence electrons. The molecule has 1 aliphatic rings. The highest BCUT2D eigenvalue weighted by atomic mass is 35.5. The van der Waals surface area contributed by atoms with Crippen LogP contribution in [0.4, 0.5) is 0 Å². The lowest BCUT2D eigenvalue weighted by Gasteiger charge is -2.19. The summed E-state index contributed by atoms with van der Waals surface area (Å²) < 4.78 is 0. The molecule has 0 spiro atoms. The van der Waals surface area contributed by atoms with Gasteiger partial charge in [0.2, 0.25) is 5.91 Å². The summed E-state index contributed by atoms with van der Waals surface area (Å²) >= 11 is 5.91. The van der Waals surface area contributed by atoms with Crippen LogP contribution in [-0.2, 0) is 10.2 Å². The molecule has 0 radical (unpaired) electrons. The van der Waals surface area contributed by atoms with Gasteiger partial charge in [-0.05, 0) is 42.9 Å². The summed E-state index contributed by atoms with van der Waals surface area (Å²) in [6.45, 7) is 4.81. The highest BCUT2D eigenvalue weighted by molar-refractivity contribution is 6.30. The molecular weight excluding hydrogens is 272 g/mol. The van der Waals surface area contributed by atoms with E-state index in [0.29, 0.717) is 12.5 Å². The van der Waals surface area contributed by atoms with Gasteiger partial charge < -0.3 is 11.1 Å². The predicted molar refractivity (Wildman–Crippen MR) is 82.8 cm³/mol. The fourth-order valence-corrected chi connectivity index (χ4v) is 2.65. The van der Waals surface area contributed by atoms with Crippen molar-refractivity contribution >= 4 is 17.5 Å². The van der Waals surface area contributed by atoms with Crippen molar-refractivity contribution in [1.29, 1.82) is 0 Å². The minimum atomic E-state index is -0.406. The van der Waals surface area contributed by atoms with Gasteiger partial charge in [0.25, 0.3) is 0 Å². The summed E-state index contributed by atoms with van der Waals surface area (Å²) in [6.07, 6.45) is 2.93. The summed E-state index contributed by atoms with van der Waals surface area (Å²) in [5.74, 6) is 0.390. The van der Waals surface area contributed by atoms with Crippen molar-refractivity contribution in [3.05, 3.63) is 34.9 Å². The van der Waals surface area contributed by atoms with E-state index >= 15 is 0 Å². The number of nitrogens with one attached hydrogen (secondary N) is 1. The molecule has 0 heterocycles. The number of hydrogen-bond donors (Lipinski definition) is 2. The molecule has 0 aliphatic heterocycles. The molecule has 0 unspecified atom stereocenters. The van der Waals surface area contributed by atoms with Crippen molar-refractivity contribution in [3.8, 4) is 0 Å². The quantitative estimate of drug-likeness (QED) is 0.847. The van der Waals surface area contributed by atoms with Crippen molar-refractivity contribution in [2.24, 2.45) is 11.7 Å². The SMILES string of the molecule is CC(C)C[C@H](N)C(=O)NCC1(c2ccc(Cl)cc2)CC1. The smallest absolute Gasteiger partial charge is 0.236 e. The lowest BCUT2D eigenvalue weighted by molar-refractivity contribution is -0.122. The van der Waals surface area contributed by atoms with E-state index in [1.807, 2.05) is 12.1 Å². The minimum Gasteiger partial charge on any atom is -0.354 e. The average molecular weight is 295 g/mol. The van der Waals surface area contributed by atoms with E-state index in [2.05, 4.69) is 31.3 Å². The van der Waals surface area contributed by atoms with E-state index in [-0.39, 0.29) is 11.3 Å². The Balaban J connectivity index is 1.90. The maximum Gasteiger partial charge on any atom is 0.236 e. The van der Waals surface area contributed by atoms with Crippen molar-refractivity contribution in [3.63, 3.8) is 0 Å². The molecular formula is C16H23ClN2O. The molecule has 1 aromatic carbocycles. The summed E-state index contributed by atoms with van der Waals surface area (Å²) in [4.78, 5) is 12.0. The average Bonchev–Trinajstić information content (AvgIpc) is 3.17. The van der Waals surface area contributed by atoms with Gasteiger partial charge in [-0.3, -0.25) is 4.79 Å². The molecule has 1 atom stereocenters. The topological polar surface area (TPSA) is 55.1 Å². The number of carbonyl (C=O) groups is 1. The van der Waals surface area contributed by atoms with Crippen LogP contribution in [0.25, 0.3) is 0 Å². The first-order valence-electron chi connectivity index (χ1n) is 7.22. The molecule has 2 rings (SSSR count). The molecule has 1 saturated carbocycles. The Bertz CT molecular complexity index is 466. The predicted octanol–water partition coefficient (Wildman–Crippen LogP) is 2.86. The van der Waals surface area contributed by atoms with Crippen LogP contribution in [0.1, 0.15) is 38.7 Å². The fraction of sp³-hybridized carbons (Fsp3) is 0.562. The summed E-state index contributed by atoms with van der Waals surface area (Å²) in [7, 11) is 0. The number of carbonyl (C=O) groups excluding carboxylic acids is 1. The maximum atomic E-state index is 12.0. The third kappa shape index (κ3) is 3.74. The molecule has 1 aliphatic carbocycles. The summed E-state index contributed by atoms with van der Waals surface area (Å²) in [5, 5.41) is 3.75. The molecule has 1 aromatic rings. The largest absolute Gasteiger partial charge is 0.354 e. The minimum absolute atomic E-state index is 0.0426. The Morgan fingerprint density at radius 3 is 2.45 bits per heavy atom. The highest BCUT2D eigenvalue weighted by Gasteiger charge is 2.44. The van der Waals surface area contributed by atoms with Gasteiger partial charge in [0, 0.05) is 17.0 Å². The van der Waals surface area contributed by atoms with Gasteiger partial charge in [0.15, 0.2) is 0 Å². The van der Waals surface area contributed by atoms with E-state index in [4.69, 9.17) is 17.3 Å². The number of benzene rings is 1. The third-order valence-corrected chi connectivity index (χ3v) is 4.23. The zero-order valence-electron chi connectivity index (χ0n) is 12.2. The van der Waals surface area contributed by atoms with E-state index in [9.17, 15) is 4.79 Å². The fourth-order valence-electron chi connectivity index (χ4n) is 2.52. The number of nitrogens with two attached hydrogens (primary N) is 1. The molecule has 0 aromatic heterocycles. The zero-order valence-corrected chi connectivity index (χ0v) is 12.9. The third-order valence-electron chi connectivity index (χ3n) is 3.97. The van der Waals surface area contributed by atoms with Crippen LogP contribution in [0.3, 0.4) is 0 Å². The maximum absolute atomic E-state index is 12.0. The molecule has 3 nitrogen and oxygen atoms in total. The molecule has 3 N–H and O–H groups in total. The number of hydrogen-bond acceptors (Lipinski definition) is 2. The van der Waals surface area contributed by atoms with Gasteiger partial charge >= 0.3 is 0 Å². The van der Waals surface area contributed by atoms with Crippen LogP contribution in [0.15, 0.2) is 24.3 Å². The second-order valence-corrected chi connectivity index (χ2v) is 6.68. The lowest BCUT2D eigenvalue weighted by atomic mass is 9.95. The van der Waals surface area contributed by atoms with Crippen LogP contribution < -0.4 is 11.1 Å². The van der Waals surface area contributed by atoms with Gasteiger partial charge in [0.1, 0.15) is 0 Å². The zero-order chi connectivity index (χ0) is 14.8. The molecule has 0 bridgehead atoms. The van der Waals surface area contributed by atoms with E-state index < -0.39 is 6.04 Å². The van der Waals surface area contributed by atoms with Crippen LogP contribution in [-0.4, -0.2) is 18.5 Å². The Hall–Kier alpha value is -1.06. The van der Waals surface area contributed by atoms with Crippen molar-refractivity contribution in [2.45, 2.75) is 44.6 Å². The monoisotopic (exact) mass is 294 g/mol. The normalized spacial score (nSPS) is 17.9. The standard InChI is InChI=1S/C16H23ClN2O/c1-11(2)9-14(18)15(20)19-10-16(7-8-16)12-3-5-13(17)6-4-12/h3-6,11,14H,7-10,18H2,1-2H3,(H,19,20)/t14-/m0/s1. The molecule has 1 fully saturated rings. The molecule has 0 saturated heterocycles. The van der Waals surface area contributed by atoms with Crippen LogP contribution in [0, 0.1) is 5.92 Å². The second-order valence-electron chi connectivity index (χ2n) is 6.24. The van der Waals surface area contributed by atoms with E-state index in [1.165, 1.54) is 5.56 Å². The second kappa shape index (κ2) is 6.15. The van der Waals surface area contributed by atoms with Gasteiger partial charge in [-0.15, -0.1) is 0 Å². The van der Waals surface area contributed by atoms with Gasteiger partial charge in [-0.1, -0.05) is 37.6 Å². The summed E-state index contributed by atoms with van der Waals surface area (Å²) in [6, 6.07) is 7.51. The molecule has 1 amide bonds. The Morgan fingerprint density at radius 2 is 1.95 bits per heavy atom. The Kier molecular flexibility index (Phi) is 4.71. The number of halogens is 1. The van der Waals surface area contributed by atoms with Crippen LogP contribution in [0.2, 0.25) is 5.02 Å². The first kappa shape index (κ1) is 15.3. The summed E-state index contributed by atoms with van der Waals surface area (Å²) in [5.41, 5.74) is 7.24. The first-order valence-corrected chi connectivity index (χ1v) is 7.60. The Morgan fingerprint density at radius 1 is 1.35 bits per heavy atom. The van der Waals surface area contributed by atoms with Crippen LogP contribution >= 0.6 is 11.6 Å². The highest BCUT2D eigenvalue weighted by Crippen LogP contribution is 2.47. The Labute approximate surface area is 125 Å².